The van der Waals surface area contributed by atoms with Crippen molar-refractivity contribution in [1.29, 1.82) is 0 Å². The van der Waals surface area contributed by atoms with Gasteiger partial charge in [0, 0.05) is 11.5 Å². The molecule has 1 N–H and O–H groups in total. The molecule has 0 aromatic rings. The minimum atomic E-state index is -4.93. The third-order valence-corrected chi connectivity index (χ3v) is 7.19. The second kappa shape index (κ2) is 6.39. The molecule has 132 valence electrons. The molecule has 2 aliphatic carbocycles. The van der Waals surface area contributed by atoms with Gasteiger partial charge in [0.25, 0.3) is 0 Å². The Hall–Kier alpha value is 1.15. The Kier molecular flexibility index (Phi) is 5.69. The summed E-state index contributed by atoms with van der Waals surface area (Å²) < 4.78 is 45.7. The number of carbonyl (C=O) groups excluding carboxylic acids is 1. The van der Waals surface area contributed by atoms with Crippen LogP contribution in [-0.2, 0) is 9.53 Å². The van der Waals surface area contributed by atoms with Gasteiger partial charge >= 0.3 is 12.1 Å². The molecule has 2 bridgehead atoms. The lowest BCUT2D eigenvalue weighted by Gasteiger charge is -2.52. The van der Waals surface area contributed by atoms with Crippen LogP contribution in [0.15, 0.2) is 12.2 Å². The molecule has 0 saturated heterocycles. The molecule has 23 heavy (non-hydrogen) atoms. The maximum Gasteiger partial charge on any atom is 0.424 e. The zero-order chi connectivity index (χ0) is 17.8. The van der Waals surface area contributed by atoms with Crippen LogP contribution in [0.2, 0.25) is 0 Å². The summed E-state index contributed by atoms with van der Waals surface area (Å²) in [6.45, 7) is 4.84. The lowest BCUT2D eigenvalue weighted by atomic mass is 9.71. The van der Waals surface area contributed by atoms with E-state index in [1.54, 1.807) is 67.8 Å². The van der Waals surface area contributed by atoms with Gasteiger partial charge in [0.05, 0.1) is 0 Å². The molecule has 0 radical (unpaired) electrons. The van der Waals surface area contributed by atoms with Gasteiger partial charge in [-0.3, -0.25) is 0 Å². The van der Waals surface area contributed by atoms with Gasteiger partial charge in [-0.15, -0.1) is 0 Å². The number of carbonyl (C=O) groups is 1. The van der Waals surface area contributed by atoms with Crippen LogP contribution in [0, 0.1) is 11.8 Å². The molecule has 9 heteroatoms. The summed E-state index contributed by atoms with van der Waals surface area (Å²) >= 11 is 4.73. The van der Waals surface area contributed by atoms with Gasteiger partial charge in [-0.05, 0) is 38.5 Å². The molecule has 0 heterocycles. The molecule has 0 amide bonds. The summed E-state index contributed by atoms with van der Waals surface area (Å²) in [6.07, 6.45) is -3.03. The summed E-state index contributed by atoms with van der Waals surface area (Å²) in [5.41, 5.74) is -5.09. The number of esters is 1. The number of aliphatic hydroxyl groups is 1. The largest absolute Gasteiger partial charge is 0.452 e. The molecule has 2 aliphatic rings. The topological polar surface area (TPSA) is 46.5 Å². The first-order valence-corrected chi connectivity index (χ1v) is 10.2. The highest BCUT2D eigenvalue weighted by Gasteiger charge is 2.80. The quantitative estimate of drug-likeness (QED) is 0.200. The highest BCUT2D eigenvalue weighted by Crippen LogP contribution is 2.67. The molecular formula is C14H16F3I3O3. The maximum absolute atomic E-state index is 14.0. The normalized spacial score (nSPS) is 33.4. The van der Waals surface area contributed by atoms with Crippen LogP contribution in [-0.4, -0.2) is 27.9 Å². The molecule has 2 rings (SSSR count). The predicted octanol–water partition coefficient (Wildman–Crippen LogP) is 4.92. The van der Waals surface area contributed by atoms with Crippen molar-refractivity contribution in [3.05, 3.63) is 12.2 Å². The molecule has 0 spiro atoms. The van der Waals surface area contributed by atoms with E-state index in [9.17, 15) is 23.1 Å². The van der Waals surface area contributed by atoms with Crippen molar-refractivity contribution in [2.24, 2.45) is 11.8 Å². The zero-order valence-electron chi connectivity index (χ0n) is 12.2. The first-order valence-electron chi connectivity index (χ1n) is 7.01. The van der Waals surface area contributed by atoms with Crippen LogP contribution in [0.5, 0.6) is 0 Å². The number of fused-ring (bicyclic) bond motifs is 2. The monoisotopic (exact) mass is 670 g/mol. The van der Waals surface area contributed by atoms with Gasteiger partial charge in [0.2, 0.25) is 5.60 Å². The van der Waals surface area contributed by atoms with Gasteiger partial charge in [-0.25, -0.2) is 4.79 Å². The number of alkyl halides is 6. The fourth-order valence-corrected chi connectivity index (χ4v) is 6.10. The molecule has 2 fully saturated rings. The minimum Gasteiger partial charge on any atom is -0.452 e. The van der Waals surface area contributed by atoms with Gasteiger partial charge in [0.1, 0.15) is 0 Å². The first-order chi connectivity index (χ1) is 10.3. The van der Waals surface area contributed by atoms with E-state index >= 15 is 0 Å². The minimum absolute atomic E-state index is 0.0256. The smallest absolute Gasteiger partial charge is 0.424 e. The summed E-state index contributed by atoms with van der Waals surface area (Å²) in [6, 6.07) is 0. The van der Waals surface area contributed by atoms with E-state index in [2.05, 4.69) is 6.58 Å². The summed E-state index contributed by atoms with van der Waals surface area (Å²) in [5.74, 6) is -1.34. The van der Waals surface area contributed by atoms with Crippen LogP contribution >= 0.6 is 67.8 Å². The molecule has 0 aromatic carbocycles. The van der Waals surface area contributed by atoms with E-state index in [-0.39, 0.29) is 17.9 Å². The van der Waals surface area contributed by atoms with Gasteiger partial charge in [-0.1, -0.05) is 74.4 Å². The number of ether oxygens (including phenoxy) is 1. The Morgan fingerprint density at radius 3 is 2.17 bits per heavy atom. The Labute approximate surface area is 173 Å². The molecular weight excluding hydrogens is 654 g/mol. The Balaban J connectivity index is 2.61. The maximum atomic E-state index is 14.0. The van der Waals surface area contributed by atoms with Crippen LogP contribution in [0.4, 0.5) is 13.2 Å². The van der Waals surface area contributed by atoms with Crippen molar-refractivity contribution >= 4 is 73.7 Å². The molecule has 0 aromatic heterocycles. The van der Waals surface area contributed by atoms with E-state index in [0.29, 0.717) is 12.8 Å². The van der Waals surface area contributed by atoms with Crippen LogP contribution in [0.1, 0.15) is 32.6 Å². The number of hydrogen-bond acceptors (Lipinski definition) is 3. The predicted molar refractivity (Wildman–Crippen MR) is 105 cm³/mol. The highest BCUT2D eigenvalue weighted by atomic mass is 127. The van der Waals surface area contributed by atoms with Crippen molar-refractivity contribution in [3.63, 3.8) is 0 Å². The highest BCUT2D eigenvalue weighted by molar-refractivity contribution is 14.3. The van der Waals surface area contributed by atoms with Crippen molar-refractivity contribution < 1.29 is 27.8 Å². The summed E-state index contributed by atoms with van der Waals surface area (Å²) in [7, 11) is 0. The Morgan fingerprint density at radius 2 is 1.87 bits per heavy atom. The second-order valence-electron chi connectivity index (χ2n) is 6.35. The lowest BCUT2D eigenvalue weighted by molar-refractivity contribution is -0.322. The van der Waals surface area contributed by atoms with Gasteiger partial charge < -0.3 is 9.84 Å². The van der Waals surface area contributed by atoms with Gasteiger partial charge in [-0.2, -0.15) is 13.2 Å². The van der Waals surface area contributed by atoms with E-state index in [1.165, 1.54) is 6.92 Å². The van der Waals surface area contributed by atoms with Crippen LogP contribution in [0.25, 0.3) is 0 Å². The average molecular weight is 670 g/mol. The first kappa shape index (κ1) is 20.5. The Morgan fingerprint density at radius 1 is 1.30 bits per heavy atom. The SMILES string of the molecule is C=C(C)C(=O)OC1(C(O)(C(F)(F)F)C(I)(I)I)CC2CCC1C2. The fraction of sp³-hybridized carbons (Fsp3) is 0.786. The molecule has 4 unspecified atom stereocenters. The Bertz CT molecular complexity index is 516. The number of rotatable bonds is 4. The van der Waals surface area contributed by atoms with Gasteiger partial charge in [0.15, 0.2) is 5.04 Å². The number of hydrogen-bond donors (Lipinski definition) is 1. The van der Waals surface area contributed by atoms with Crippen LogP contribution in [0.3, 0.4) is 0 Å². The van der Waals surface area contributed by atoms with Crippen molar-refractivity contribution in [1.82, 2.24) is 0 Å². The van der Waals surface area contributed by atoms with E-state index in [4.69, 9.17) is 4.74 Å². The van der Waals surface area contributed by atoms with Crippen molar-refractivity contribution in [2.45, 2.75) is 49.4 Å². The molecule has 0 aliphatic heterocycles. The van der Waals surface area contributed by atoms with Crippen LogP contribution < -0.4 is 0 Å². The van der Waals surface area contributed by atoms with Crippen molar-refractivity contribution in [2.75, 3.05) is 0 Å². The third kappa shape index (κ3) is 3.17. The third-order valence-electron chi connectivity index (χ3n) is 4.85. The van der Waals surface area contributed by atoms with Crippen molar-refractivity contribution in [3.8, 4) is 0 Å². The summed E-state index contributed by atoms with van der Waals surface area (Å²) in [4.78, 5) is 12.1. The number of halogens is 6. The second-order valence-corrected chi connectivity index (χ2v) is 17.4. The molecule has 3 nitrogen and oxygen atoms in total. The average Bonchev–Trinajstić information content (AvgIpc) is 2.95. The molecule has 2 saturated carbocycles. The zero-order valence-corrected chi connectivity index (χ0v) is 18.7. The fourth-order valence-electron chi connectivity index (χ4n) is 3.81. The lowest BCUT2D eigenvalue weighted by Crippen LogP contribution is -2.72. The van der Waals surface area contributed by atoms with E-state index < -0.39 is 28.7 Å². The van der Waals surface area contributed by atoms with E-state index in [1.807, 2.05) is 0 Å². The van der Waals surface area contributed by atoms with E-state index in [0.717, 1.165) is 6.42 Å². The summed E-state index contributed by atoms with van der Waals surface area (Å²) in [5, 5.41) is 10.9. The standard InChI is InChI=1S/C14H16F3I3O3/c1-7(2)10(21)23-11(6-8-3-4-9(11)5-8)12(22,13(15,16)17)14(18,19)20/h8-9,22H,1,3-6H2,2H3. The molecule has 4 atom stereocenters.